The van der Waals surface area contributed by atoms with E-state index < -0.39 is 0 Å². The van der Waals surface area contributed by atoms with Crippen molar-refractivity contribution in [3.05, 3.63) is 70.1 Å². The molecule has 1 heterocycles. The van der Waals surface area contributed by atoms with Crippen molar-refractivity contribution in [2.45, 2.75) is 39.3 Å². The molecule has 27 heavy (non-hydrogen) atoms. The lowest BCUT2D eigenvalue weighted by atomic mass is 10.0. The molecule has 5 nitrogen and oxygen atoms in total. The number of carbonyl (C=O) groups is 1. The molecule has 2 aromatic carbocycles. The summed E-state index contributed by atoms with van der Waals surface area (Å²) >= 11 is 5.92. The van der Waals surface area contributed by atoms with Crippen molar-refractivity contribution >= 4 is 17.5 Å². The van der Waals surface area contributed by atoms with E-state index >= 15 is 0 Å². The Balaban J connectivity index is 1.56. The first-order valence-corrected chi connectivity index (χ1v) is 9.35. The van der Waals surface area contributed by atoms with E-state index in [-0.39, 0.29) is 11.9 Å². The molecule has 0 saturated heterocycles. The minimum atomic E-state index is 0.0150. The van der Waals surface area contributed by atoms with Crippen molar-refractivity contribution in [2.75, 3.05) is 0 Å². The maximum atomic E-state index is 13.1. The monoisotopic (exact) mass is 381 g/mol. The topological polar surface area (TPSA) is 59.2 Å². The van der Waals surface area contributed by atoms with E-state index in [9.17, 15) is 4.79 Å². The second-order valence-corrected chi connectivity index (χ2v) is 7.43. The Kier molecular flexibility index (Phi) is 4.70. The van der Waals surface area contributed by atoms with Gasteiger partial charge in [-0.3, -0.25) is 4.79 Å². The predicted molar refractivity (Wildman–Crippen MR) is 104 cm³/mol. The predicted octanol–water partition coefficient (Wildman–Crippen LogP) is 4.81. The number of halogens is 1. The van der Waals surface area contributed by atoms with Crippen LogP contribution in [0, 0.1) is 13.8 Å². The van der Waals surface area contributed by atoms with Crippen molar-refractivity contribution in [3.8, 4) is 11.5 Å². The van der Waals surface area contributed by atoms with Gasteiger partial charge in [0.2, 0.25) is 11.8 Å². The lowest BCUT2D eigenvalue weighted by molar-refractivity contribution is 0.0713. The number of hydrogen-bond donors (Lipinski definition) is 0. The van der Waals surface area contributed by atoms with E-state index in [1.807, 2.05) is 49.1 Å². The first kappa shape index (κ1) is 17.7. The normalized spacial score (nSPS) is 13.6. The molecule has 0 radical (unpaired) electrons. The van der Waals surface area contributed by atoms with Crippen molar-refractivity contribution in [3.63, 3.8) is 0 Å². The molecule has 1 aliphatic rings. The van der Waals surface area contributed by atoms with Crippen LogP contribution in [-0.4, -0.2) is 27.0 Å². The molecule has 138 valence electrons. The van der Waals surface area contributed by atoms with E-state index in [1.165, 1.54) is 0 Å². The molecular weight excluding hydrogens is 362 g/mol. The number of aryl methyl sites for hydroxylation is 2. The Labute approximate surface area is 163 Å². The molecule has 1 aromatic heterocycles. The molecule has 1 amide bonds. The van der Waals surface area contributed by atoms with Crippen LogP contribution >= 0.6 is 11.6 Å². The Bertz CT molecular complexity index is 977. The fraction of sp³-hybridized carbons (Fsp3) is 0.286. The molecule has 0 unspecified atom stereocenters. The zero-order chi connectivity index (χ0) is 19.0. The van der Waals surface area contributed by atoms with Crippen LogP contribution in [0.2, 0.25) is 5.02 Å². The second-order valence-electron chi connectivity index (χ2n) is 6.99. The first-order chi connectivity index (χ1) is 13.0. The van der Waals surface area contributed by atoms with Gasteiger partial charge >= 0.3 is 0 Å². The van der Waals surface area contributed by atoms with Gasteiger partial charge < -0.3 is 9.32 Å². The number of amides is 1. The highest BCUT2D eigenvalue weighted by Gasteiger charge is 2.34. The fourth-order valence-electron chi connectivity index (χ4n) is 3.13. The summed E-state index contributed by atoms with van der Waals surface area (Å²) in [6.07, 6.45) is 2.02. The quantitative estimate of drug-likeness (QED) is 0.636. The smallest absolute Gasteiger partial charge is 0.254 e. The zero-order valence-corrected chi connectivity index (χ0v) is 16.0. The highest BCUT2D eigenvalue weighted by molar-refractivity contribution is 6.30. The molecule has 4 rings (SSSR count). The standard InChI is InChI=1S/C21H20ClN3O2/c1-13-3-10-18(14(2)11-13)21(26)25(17-8-9-17)12-19-23-24-20(27-19)15-4-6-16(22)7-5-15/h3-7,10-11,17H,8-9,12H2,1-2H3. The van der Waals surface area contributed by atoms with Gasteiger partial charge in [-0.1, -0.05) is 29.3 Å². The second kappa shape index (κ2) is 7.16. The average molecular weight is 382 g/mol. The van der Waals surface area contributed by atoms with E-state index in [2.05, 4.69) is 10.2 Å². The highest BCUT2D eigenvalue weighted by Crippen LogP contribution is 2.31. The van der Waals surface area contributed by atoms with Crippen LogP contribution in [-0.2, 0) is 6.54 Å². The molecule has 3 aromatic rings. The molecule has 1 aliphatic carbocycles. The van der Waals surface area contributed by atoms with Gasteiger partial charge in [0.1, 0.15) is 0 Å². The maximum absolute atomic E-state index is 13.1. The number of hydrogen-bond acceptors (Lipinski definition) is 4. The van der Waals surface area contributed by atoms with Gasteiger partial charge in [-0.2, -0.15) is 0 Å². The lowest BCUT2D eigenvalue weighted by Crippen LogP contribution is -2.33. The summed E-state index contributed by atoms with van der Waals surface area (Å²) in [6, 6.07) is 13.4. The van der Waals surface area contributed by atoms with Gasteiger partial charge in [-0.15, -0.1) is 10.2 Å². The third kappa shape index (κ3) is 3.88. The van der Waals surface area contributed by atoms with E-state index in [0.717, 1.165) is 35.1 Å². The molecular formula is C21H20ClN3O2. The van der Waals surface area contributed by atoms with Crippen LogP contribution in [0.25, 0.3) is 11.5 Å². The number of benzene rings is 2. The Morgan fingerprint density at radius 3 is 2.56 bits per heavy atom. The minimum absolute atomic E-state index is 0.0150. The van der Waals surface area contributed by atoms with Gasteiger partial charge in [0.25, 0.3) is 5.91 Å². The molecule has 0 bridgehead atoms. The zero-order valence-electron chi connectivity index (χ0n) is 15.3. The molecule has 1 saturated carbocycles. The van der Waals surface area contributed by atoms with Crippen LogP contribution < -0.4 is 0 Å². The number of carbonyl (C=O) groups excluding carboxylic acids is 1. The molecule has 0 atom stereocenters. The minimum Gasteiger partial charge on any atom is -0.419 e. The van der Waals surface area contributed by atoms with Crippen molar-refractivity contribution in [1.82, 2.24) is 15.1 Å². The number of nitrogens with zero attached hydrogens (tertiary/aromatic N) is 3. The molecule has 0 N–H and O–H groups in total. The van der Waals surface area contributed by atoms with Crippen LogP contribution in [0.15, 0.2) is 46.9 Å². The van der Waals surface area contributed by atoms with Gasteiger partial charge in [-0.05, 0) is 62.6 Å². The van der Waals surface area contributed by atoms with Gasteiger partial charge in [0.05, 0.1) is 6.54 Å². The van der Waals surface area contributed by atoms with Crippen LogP contribution in [0.3, 0.4) is 0 Å². The van der Waals surface area contributed by atoms with E-state index in [4.69, 9.17) is 16.0 Å². The Morgan fingerprint density at radius 2 is 1.89 bits per heavy atom. The summed E-state index contributed by atoms with van der Waals surface area (Å²) in [7, 11) is 0. The molecule has 1 fully saturated rings. The molecule has 6 heteroatoms. The molecule has 0 aliphatic heterocycles. The van der Waals surface area contributed by atoms with Gasteiger partial charge in [-0.25, -0.2) is 0 Å². The van der Waals surface area contributed by atoms with Crippen molar-refractivity contribution < 1.29 is 9.21 Å². The summed E-state index contributed by atoms with van der Waals surface area (Å²) in [5.41, 5.74) is 3.66. The van der Waals surface area contributed by atoms with Gasteiger partial charge in [0, 0.05) is 22.2 Å². The van der Waals surface area contributed by atoms with E-state index in [1.54, 1.807) is 12.1 Å². The Hall–Kier alpha value is -2.66. The third-order valence-corrected chi connectivity index (χ3v) is 4.98. The summed E-state index contributed by atoms with van der Waals surface area (Å²) in [6.45, 7) is 4.31. The van der Waals surface area contributed by atoms with Crippen molar-refractivity contribution in [2.24, 2.45) is 0 Å². The maximum Gasteiger partial charge on any atom is 0.254 e. The average Bonchev–Trinajstić information content (AvgIpc) is 3.38. The number of aromatic nitrogens is 2. The number of rotatable bonds is 5. The van der Waals surface area contributed by atoms with Crippen LogP contribution in [0.5, 0.6) is 0 Å². The highest BCUT2D eigenvalue weighted by atomic mass is 35.5. The summed E-state index contributed by atoms with van der Waals surface area (Å²) in [4.78, 5) is 14.9. The Morgan fingerprint density at radius 1 is 1.15 bits per heavy atom. The van der Waals surface area contributed by atoms with E-state index in [0.29, 0.717) is 23.3 Å². The summed E-state index contributed by atoms with van der Waals surface area (Å²) in [5, 5.41) is 8.90. The molecule has 0 spiro atoms. The van der Waals surface area contributed by atoms with Crippen molar-refractivity contribution in [1.29, 1.82) is 0 Å². The largest absolute Gasteiger partial charge is 0.419 e. The summed E-state index contributed by atoms with van der Waals surface area (Å²) in [5.74, 6) is 0.877. The fourth-order valence-corrected chi connectivity index (χ4v) is 3.26. The summed E-state index contributed by atoms with van der Waals surface area (Å²) < 4.78 is 5.79. The SMILES string of the molecule is Cc1ccc(C(=O)N(Cc2nnc(-c3ccc(Cl)cc3)o2)C2CC2)c(C)c1. The van der Waals surface area contributed by atoms with Crippen LogP contribution in [0.1, 0.15) is 40.2 Å². The third-order valence-electron chi connectivity index (χ3n) is 4.72. The van der Waals surface area contributed by atoms with Crippen LogP contribution in [0.4, 0.5) is 0 Å². The van der Waals surface area contributed by atoms with Gasteiger partial charge in [0.15, 0.2) is 0 Å². The first-order valence-electron chi connectivity index (χ1n) is 8.98. The lowest BCUT2D eigenvalue weighted by Gasteiger charge is -2.21.